The third kappa shape index (κ3) is 5.86. The van der Waals surface area contributed by atoms with Gasteiger partial charge in [0.15, 0.2) is 0 Å². The molecular weight excluding hydrogens is 255 g/mol. The molecule has 2 rings (SSSR count). The molecule has 2 radical (unpaired) electrons. The highest BCUT2D eigenvalue weighted by Gasteiger charge is 2.05. The second-order valence-electron chi connectivity index (χ2n) is 3.66. The second kappa shape index (κ2) is 9.38. The van der Waals surface area contributed by atoms with E-state index in [0.29, 0.717) is 12.2 Å². The molecule has 0 bridgehead atoms. The third-order valence-corrected chi connectivity index (χ3v) is 2.28. The van der Waals surface area contributed by atoms with Gasteiger partial charge in [-0.15, -0.1) is 0 Å². The maximum atomic E-state index is 11.6. The van der Waals surface area contributed by atoms with Crippen LogP contribution in [0.2, 0.25) is 0 Å². The predicted octanol–water partition coefficient (Wildman–Crippen LogP) is 2.29. The van der Waals surface area contributed by atoms with Gasteiger partial charge in [0.2, 0.25) is 0 Å². The Morgan fingerprint density at radius 2 is 1.50 bits per heavy atom. The van der Waals surface area contributed by atoms with E-state index in [1.165, 1.54) is 0 Å². The Hall–Kier alpha value is -2.56. The lowest BCUT2D eigenvalue weighted by Gasteiger charge is -2.04. The van der Waals surface area contributed by atoms with E-state index in [1.54, 1.807) is 12.1 Å². The number of hydrogen-bond acceptors (Lipinski definition) is 4. The molecule has 2 aromatic carbocycles. The van der Waals surface area contributed by atoms with Crippen LogP contribution in [0.3, 0.4) is 0 Å². The Morgan fingerprint density at radius 3 is 2.00 bits per heavy atom. The van der Waals surface area contributed by atoms with E-state index in [4.69, 9.17) is 9.53 Å². The van der Waals surface area contributed by atoms with Gasteiger partial charge in [-0.1, -0.05) is 48.5 Å². The fourth-order valence-corrected chi connectivity index (χ4v) is 1.38. The van der Waals surface area contributed by atoms with Gasteiger partial charge in [-0.2, -0.15) is 0 Å². The first-order valence-corrected chi connectivity index (χ1v) is 5.83. The SMILES string of the molecule is O=C(OCc1ccccc1)c1ccccc1.[B]OC=O. The molecule has 0 amide bonds. The van der Waals surface area contributed by atoms with E-state index >= 15 is 0 Å². The molecule has 0 saturated heterocycles. The van der Waals surface area contributed by atoms with Gasteiger partial charge in [0, 0.05) is 0 Å². The molecule has 20 heavy (non-hydrogen) atoms. The standard InChI is InChI=1S/C14H12O2.CHBO2/c15-14(13-9-5-2-6-10-13)16-11-12-7-3-1-4-8-12;2-4-1-3/h1-10H,11H2;1H. The average Bonchev–Trinajstić information content (AvgIpc) is 2.54. The van der Waals surface area contributed by atoms with Crippen LogP contribution in [0, 0.1) is 0 Å². The van der Waals surface area contributed by atoms with Crippen molar-refractivity contribution in [2.75, 3.05) is 0 Å². The minimum absolute atomic E-state index is 0.153. The van der Waals surface area contributed by atoms with Crippen molar-refractivity contribution in [1.82, 2.24) is 0 Å². The molecule has 0 aliphatic carbocycles. The van der Waals surface area contributed by atoms with Gasteiger partial charge in [0.25, 0.3) is 6.47 Å². The molecule has 0 fully saturated rings. The van der Waals surface area contributed by atoms with E-state index in [-0.39, 0.29) is 12.4 Å². The van der Waals surface area contributed by atoms with Gasteiger partial charge in [-0.3, -0.25) is 4.79 Å². The van der Waals surface area contributed by atoms with Crippen LogP contribution in [0.5, 0.6) is 0 Å². The molecule has 4 nitrogen and oxygen atoms in total. The molecule has 100 valence electrons. The lowest BCUT2D eigenvalue weighted by Crippen LogP contribution is -2.04. The summed E-state index contributed by atoms with van der Waals surface area (Å²) in [6.07, 6.45) is 0. The minimum atomic E-state index is -0.288. The lowest BCUT2D eigenvalue weighted by molar-refractivity contribution is -0.120. The van der Waals surface area contributed by atoms with Crippen molar-refractivity contribution in [3.63, 3.8) is 0 Å². The zero-order valence-electron chi connectivity index (χ0n) is 10.8. The summed E-state index contributed by atoms with van der Waals surface area (Å²) in [4.78, 5) is 20.4. The van der Waals surface area contributed by atoms with Crippen LogP contribution in [0.4, 0.5) is 0 Å². The smallest absolute Gasteiger partial charge is 0.377 e. The Bertz CT molecular complexity index is 514. The molecule has 0 aliphatic heterocycles. The van der Waals surface area contributed by atoms with Gasteiger partial charge in [-0.25, -0.2) is 4.79 Å². The highest BCUT2D eigenvalue weighted by molar-refractivity contribution is 6.01. The van der Waals surface area contributed by atoms with Crippen LogP contribution < -0.4 is 0 Å². The first kappa shape index (κ1) is 15.5. The summed E-state index contributed by atoms with van der Waals surface area (Å²) in [6, 6.07) is 18.6. The van der Waals surface area contributed by atoms with Crippen LogP contribution in [0.1, 0.15) is 15.9 Å². The first-order valence-electron chi connectivity index (χ1n) is 5.83. The van der Waals surface area contributed by atoms with Crippen LogP contribution in [-0.4, -0.2) is 20.5 Å². The summed E-state index contributed by atoms with van der Waals surface area (Å²) in [5, 5.41) is 0. The van der Waals surface area contributed by atoms with Crippen molar-refractivity contribution >= 4 is 20.5 Å². The summed E-state index contributed by atoms with van der Waals surface area (Å²) in [5.41, 5.74) is 1.57. The Labute approximate surface area is 118 Å². The number of carbonyl (C=O) groups excluding carboxylic acids is 2. The van der Waals surface area contributed by atoms with Gasteiger partial charge in [0.05, 0.1) is 5.56 Å². The van der Waals surface area contributed by atoms with Crippen molar-refractivity contribution in [3.05, 3.63) is 71.8 Å². The largest absolute Gasteiger partial charge is 0.545 e. The maximum Gasteiger partial charge on any atom is 0.377 e. The summed E-state index contributed by atoms with van der Waals surface area (Å²) in [6.45, 7) is 0.467. The monoisotopic (exact) mass is 268 g/mol. The number of benzene rings is 2. The first-order chi connectivity index (χ1) is 9.77. The Kier molecular flexibility index (Phi) is 7.27. The summed E-state index contributed by atoms with van der Waals surface area (Å²) in [5.74, 6) is -0.288. The molecule has 0 heterocycles. The molecule has 0 aliphatic rings. The van der Waals surface area contributed by atoms with Crippen molar-refractivity contribution in [1.29, 1.82) is 0 Å². The Balaban J connectivity index is 0.000000444. The fraction of sp³-hybridized carbons (Fsp3) is 0.0667. The number of esters is 1. The molecule has 0 aromatic heterocycles. The molecule has 2 aromatic rings. The topological polar surface area (TPSA) is 52.6 Å². The zero-order valence-corrected chi connectivity index (χ0v) is 10.8. The Morgan fingerprint density at radius 1 is 1.00 bits per heavy atom. The minimum Gasteiger partial charge on any atom is -0.545 e. The molecular formula is C15H13BO4. The molecule has 0 atom stereocenters. The van der Waals surface area contributed by atoms with E-state index in [2.05, 4.69) is 12.7 Å². The van der Waals surface area contributed by atoms with Crippen LogP contribution in [0.25, 0.3) is 0 Å². The van der Waals surface area contributed by atoms with E-state index in [0.717, 1.165) is 5.56 Å². The van der Waals surface area contributed by atoms with Crippen LogP contribution in [0.15, 0.2) is 60.7 Å². The van der Waals surface area contributed by atoms with Gasteiger partial charge in [-0.05, 0) is 17.7 Å². The summed E-state index contributed by atoms with van der Waals surface area (Å²) in [7, 11) is 4.16. The number of hydrogen-bond donors (Lipinski definition) is 0. The normalized spacial score (nSPS) is 8.80. The summed E-state index contributed by atoms with van der Waals surface area (Å²) < 4.78 is 8.54. The van der Waals surface area contributed by atoms with Crippen molar-refractivity contribution < 1.29 is 19.0 Å². The average molecular weight is 268 g/mol. The number of carbonyl (C=O) groups is 2. The number of ether oxygens (including phenoxy) is 1. The van der Waals surface area contributed by atoms with Crippen molar-refractivity contribution in [2.24, 2.45) is 0 Å². The quantitative estimate of drug-likeness (QED) is 0.485. The zero-order chi connectivity index (χ0) is 14.6. The summed E-state index contributed by atoms with van der Waals surface area (Å²) >= 11 is 0. The van der Waals surface area contributed by atoms with Crippen LogP contribution in [-0.2, 0) is 20.8 Å². The van der Waals surface area contributed by atoms with Crippen molar-refractivity contribution in [3.8, 4) is 0 Å². The van der Waals surface area contributed by atoms with E-state index < -0.39 is 0 Å². The highest BCUT2D eigenvalue weighted by atomic mass is 16.5. The van der Waals surface area contributed by atoms with Gasteiger partial charge in [0.1, 0.15) is 6.61 Å². The molecule has 0 spiro atoms. The second-order valence-corrected chi connectivity index (χ2v) is 3.66. The van der Waals surface area contributed by atoms with E-state index in [1.807, 2.05) is 48.5 Å². The van der Waals surface area contributed by atoms with Gasteiger partial charge < -0.3 is 9.39 Å². The van der Waals surface area contributed by atoms with E-state index in [9.17, 15) is 4.79 Å². The highest BCUT2D eigenvalue weighted by Crippen LogP contribution is 2.05. The molecule has 0 saturated carbocycles. The maximum absolute atomic E-state index is 11.6. The van der Waals surface area contributed by atoms with Crippen LogP contribution >= 0.6 is 0 Å². The molecule has 0 unspecified atom stereocenters. The van der Waals surface area contributed by atoms with Gasteiger partial charge >= 0.3 is 14.0 Å². The number of rotatable bonds is 4. The van der Waals surface area contributed by atoms with Crippen molar-refractivity contribution in [2.45, 2.75) is 6.61 Å². The molecule has 5 heteroatoms. The fourth-order valence-electron chi connectivity index (χ4n) is 1.38. The predicted molar refractivity (Wildman–Crippen MR) is 74.9 cm³/mol. The molecule has 0 N–H and O–H groups in total. The third-order valence-electron chi connectivity index (χ3n) is 2.28. The lowest BCUT2D eigenvalue weighted by atomic mass is 10.2.